The van der Waals surface area contributed by atoms with Crippen molar-refractivity contribution in [2.45, 2.75) is 89.8 Å². The molecule has 0 aromatic carbocycles. The fraction of sp³-hybridized carbons (Fsp3) is 0.857. The minimum atomic E-state index is -4.11. The molecule has 0 aromatic rings. The smallest absolute Gasteiger partial charge is 0.303 e. The number of hydrogen-bond donors (Lipinski definition) is 0. The molecule has 150 valence electrons. The van der Waals surface area contributed by atoms with Crippen molar-refractivity contribution < 1.29 is 13.2 Å². The molecular weight excluding hydrogens is 337 g/mol. The van der Waals surface area contributed by atoms with Gasteiger partial charge in [-0.15, -0.1) is 0 Å². The molecule has 0 bridgehead atoms. The Morgan fingerprint density at radius 3 is 2.58 bits per heavy atom. The molecule has 1 unspecified atom stereocenters. The van der Waals surface area contributed by atoms with Crippen LogP contribution in [0.3, 0.4) is 0 Å². The van der Waals surface area contributed by atoms with Crippen LogP contribution < -0.4 is 0 Å². The Balaban J connectivity index is 1.84. The van der Waals surface area contributed by atoms with Gasteiger partial charge in [-0.05, 0) is 64.1 Å². The van der Waals surface area contributed by atoms with Crippen LogP contribution in [0.15, 0.2) is 17.1 Å². The van der Waals surface area contributed by atoms with Crippen molar-refractivity contribution in [3.63, 3.8) is 0 Å². The zero-order valence-corrected chi connectivity index (χ0v) is 16.2. The summed E-state index contributed by atoms with van der Waals surface area (Å²) in [7, 11) is 0. The van der Waals surface area contributed by atoms with Gasteiger partial charge < -0.3 is 4.90 Å². The second-order valence-electron chi connectivity index (χ2n) is 8.05. The lowest BCUT2D eigenvalue weighted by atomic mass is 9.87. The van der Waals surface area contributed by atoms with Gasteiger partial charge in [-0.25, -0.2) is 0 Å². The second-order valence-corrected chi connectivity index (χ2v) is 8.05. The van der Waals surface area contributed by atoms with Crippen molar-refractivity contribution in [1.29, 1.82) is 0 Å². The van der Waals surface area contributed by atoms with Gasteiger partial charge in [0.1, 0.15) is 0 Å². The summed E-state index contributed by atoms with van der Waals surface area (Å²) in [6, 6.07) is 0.0816. The molecule has 0 saturated heterocycles. The van der Waals surface area contributed by atoms with Gasteiger partial charge >= 0.3 is 6.18 Å². The molecular formula is C21H35F3N2. The molecule has 0 spiro atoms. The molecule has 26 heavy (non-hydrogen) atoms. The van der Waals surface area contributed by atoms with E-state index in [1.807, 2.05) is 19.1 Å². The van der Waals surface area contributed by atoms with Gasteiger partial charge in [-0.1, -0.05) is 38.2 Å². The highest BCUT2D eigenvalue weighted by molar-refractivity contribution is 5.95. The minimum Gasteiger partial charge on any atom is -0.303 e. The van der Waals surface area contributed by atoms with E-state index in [2.05, 4.69) is 9.89 Å². The van der Waals surface area contributed by atoms with Gasteiger partial charge in [0.15, 0.2) is 0 Å². The van der Waals surface area contributed by atoms with E-state index in [1.54, 1.807) is 0 Å². The summed E-state index contributed by atoms with van der Waals surface area (Å²) < 4.78 is 37.5. The lowest BCUT2D eigenvalue weighted by molar-refractivity contribution is -0.132. The lowest BCUT2D eigenvalue weighted by Crippen LogP contribution is -2.30. The molecule has 5 heteroatoms. The fourth-order valence-corrected chi connectivity index (χ4v) is 4.01. The summed E-state index contributed by atoms with van der Waals surface area (Å²) in [5, 5.41) is 0. The average Bonchev–Trinajstić information content (AvgIpc) is 2.64. The van der Waals surface area contributed by atoms with E-state index in [1.165, 1.54) is 38.5 Å². The number of halogens is 3. The number of aliphatic imine (C=N–C) groups is 1. The summed E-state index contributed by atoms with van der Waals surface area (Å²) >= 11 is 0. The number of nitrogens with zero attached hydrogens (tertiary/aromatic N) is 2. The summed E-state index contributed by atoms with van der Waals surface area (Å²) in [4.78, 5) is 7.12. The van der Waals surface area contributed by atoms with Crippen LogP contribution in [0.1, 0.15) is 77.6 Å². The van der Waals surface area contributed by atoms with Gasteiger partial charge in [0.2, 0.25) is 0 Å². The molecule has 1 heterocycles. The molecule has 0 aromatic heterocycles. The Labute approximate surface area is 156 Å². The highest BCUT2D eigenvalue weighted by Crippen LogP contribution is 2.26. The second kappa shape index (κ2) is 11.1. The van der Waals surface area contributed by atoms with E-state index in [9.17, 15) is 13.2 Å². The Morgan fingerprint density at radius 1 is 1.08 bits per heavy atom. The van der Waals surface area contributed by atoms with Crippen LogP contribution in [0.2, 0.25) is 0 Å². The highest BCUT2D eigenvalue weighted by atomic mass is 19.4. The van der Waals surface area contributed by atoms with Crippen molar-refractivity contribution in [2.75, 3.05) is 19.6 Å². The normalized spacial score (nSPS) is 26.2. The quantitative estimate of drug-likeness (QED) is 0.563. The van der Waals surface area contributed by atoms with Crippen LogP contribution in [-0.4, -0.2) is 42.5 Å². The predicted octanol–water partition coefficient (Wildman–Crippen LogP) is 6.17. The number of hydrogen-bond acceptors (Lipinski definition) is 2. The third-order valence-electron chi connectivity index (χ3n) is 5.65. The van der Waals surface area contributed by atoms with E-state index in [0.717, 1.165) is 44.8 Å². The largest absolute Gasteiger partial charge is 0.389 e. The number of rotatable bonds is 5. The Morgan fingerprint density at radius 2 is 1.85 bits per heavy atom. The van der Waals surface area contributed by atoms with E-state index in [0.29, 0.717) is 5.71 Å². The van der Waals surface area contributed by atoms with Crippen LogP contribution in [0.5, 0.6) is 0 Å². The summed E-state index contributed by atoms with van der Waals surface area (Å²) in [6.07, 6.45) is 10.1. The first kappa shape index (κ1) is 21.5. The van der Waals surface area contributed by atoms with Gasteiger partial charge in [0.25, 0.3) is 0 Å². The maximum absolute atomic E-state index is 12.5. The van der Waals surface area contributed by atoms with Gasteiger partial charge in [0, 0.05) is 24.7 Å². The fourth-order valence-electron chi connectivity index (χ4n) is 4.01. The first-order valence-electron chi connectivity index (χ1n) is 10.4. The maximum atomic E-state index is 12.5. The Hall–Kier alpha value is -0.840. The summed E-state index contributed by atoms with van der Waals surface area (Å²) in [5.74, 6) is 0.895. The standard InChI is InChI=1S/C21H35F3N2/c1-18-12-16-26(17-13-19-8-4-2-5-9-19)15-7-3-6-10-20(25-18)11-14-21(22,23)24/h6,10,18-19H,2-5,7-9,11-17H2,1H3/b10-6-,25-20?. The molecule has 2 nitrogen and oxygen atoms in total. The third-order valence-corrected chi connectivity index (χ3v) is 5.65. The number of allylic oxidation sites excluding steroid dienone is 2. The molecule has 1 aliphatic carbocycles. The molecule has 1 atom stereocenters. The molecule has 1 fully saturated rings. The van der Waals surface area contributed by atoms with Gasteiger partial charge in [-0.2, -0.15) is 13.2 Å². The topological polar surface area (TPSA) is 15.6 Å². The molecule has 0 radical (unpaired) electrons. The van der Waals surface area contributed by atoms with Gasteiger partial charge in [0.05, 0.1) is 0 Å². The summed E-state index contributed by atoms with van der Waals surface area (Å²) in [6.45, 7) is 5.27. The van der Waals surface area contributed by atoms with Crippen LogP contribution in [-0.2, 0) is 0 Å². The highest BCUT2D eigenvalue weighted by Gasteiger charge is 2.27. The van der Waals surface area contributed by atoms with Crippen molar-refractivity contribution in [2.24, 2.45) is 10.9 Å². The predicted molar refractivity (Wildman–Crippen MR) is 103 cm³/mol. The van der Waals surface area contributed by atoms with E-state index < -0.39 is 12.6 Å². The van der Waals surface area contributed by atoms with Crippen molar-refractivity contribution >= 4 is 5.71 Å². The monoisotopic (exact) mass is 372 g/mol. The van der Waals surface area contributed by atoms with Crippen LogP contribution in [0.4, 0.5) is 13.2 Å². The van der Waals surface area contributed by atoms with Gasteiger partial charge in [-0.3, -0.25) is 4.99 Å². The van der Waals surface area contributed by atoms with Crippen LogP contribution in [0.25, 0.3) is 0 Å². The Kier molecular flexibility index (Phi) is 9.17. The van der Waals surface area contributed by atoms with E-state index in [-0.39, 0.29) is 12.5 Å². The first-order valence-corrected chi connectivity index (χ1v) is 10.4. The third kappa shape index (κ3) is 9.20. The average molecular weight is 373 g/mol. The van der Waals surface area contributed by atoms with E-state index >= 15 is 0 Å². The molecule has 0 N–H and O–H groups in total. The van der Waals surface area contributed by atoms with Crippen LogP contribution >= 0.6 is 0 Å². The summed E-state index contributed by atoms with van der Waals surface area (Å²) in [5.41, 5.74) is 0.602. The molecule has 2 aliphatic rings. The van der Waals surface area contributed by atoms with Crippen LogP contribution in [0, 0.1) is 5.92 Å². The zero-order chi connectivity index (χ0) is 18.8. The first-order chi connectivity index (χ1) is 12.4. The molecule has 2 rings (SSSR count). The zero-order valence-electron chi connectivity index (χ0n) is 16.2. The maximum Gasteiger partial charge on any atom is 0.389 e. The molecule has 0 amide bonds. The molecule has 1 aliphatic heterocycles. The SMILES string of the molecule is CC1CCN(CCC2CCCCC2)CCC/C=C\C(CCC(F)(F)F)=N1. The van der Waals surface area contributed by atoms with E-state index in [4.69, 9.17) is 0 Å². The minimum absolute atomic E-state index is 0.00423. The molecule has 1 saturated carbocycles. The van der Waals surface area contributed by atoms with Crippen molar-refractivity contribution in [1.82, 2.24) is 4.90 Å². The lowest BCUT2D eigenvalue weighted by Gasteiger charge is -2.27. The van der Waals surface area contributed by atoms with Crippen molar-refractivity contribution in [3.05, 3.63) is 12.2 Å². The Bertz CT molecular complexity index is 451. The number of alkyl halides is 3. The van der Waals surface area contributed by atoms with Crippen molar-refractivity contribution in [3.8, 4) is 0 Å².